The molecule has 0 fully saturated rings. The van der Waals surface area contributed by atoms with Crippen LogP contribution in [0.1, 0.15) is 233 Å². The minimum atomic E-state index is -0.797. The standard InChI is InChI=1S/C58H96O6/c1-4-7-10-13-16-19-22-25-27-28-29-30-32-34-37-39-42-45-48-51-57(60)63-54-55(64-58(61)52-49-46-43-40-35-24-21-18-15-12-9-6-3)53-62-56(59)50-47-44-41-38-36-33-31-26-23-20-17-14-11-8-5-2/h7-8,10-11,16-17,19-20,25-27,29-31,34,37,55H,4-6,9,12-15,18,21-24,28,32-33,35-36,38-54H2,1-3H3/b10-7-,11-8-,19-16-,20-17-,27-25-,30-29-,31-26-,37-34-/t55-/m0/s1. The summed E-state index contributed by atoms with van der Waals surface area (Å²) >= 11 is 0. The average molecular weight is 889 g/mol. The van der Waals surface area contributed by atoms with Gasteiger partial charge in [0, 0.05) is 19.3 Å². The van der Waals surface area contributed by atoms with Crippen molar-refractivity contribution < 1.29 is 28.6 Å². The third kappa shape index (κ3) is 49.3. The second kappa shape index (κ2) is 52.0. The lowest BCUT2D eigenvalue weighted by molar-refractivity contribution is -0.167. The largest absolute Gasteiger partial charge is 0.462 e. The predicted molar refractivity (Wildman–Crippen MR) is 274 cm³/mol. The summed E-state index contributed by atoms with van der Waals surface area (Å²) in [5, 5.41) is 0. The first-order chi connectivity index (χ1) is 31.5. The highest BCUT2D eigenvalue weighted by atomic mass is 16.6. The van der Waals surface area contributed by atoms with E-state index < -0.39 is 6.10 Å². The quantitative estimate of drug-likeness (QED) is 0.0262. The normalized spacial score (nSPS) is 12.9. The van der Waals surface area contributed by atoms with Crippen molar-refractivity contribution in [3.05, 3.63) is 97.2 Å². The Balaban J connectivity index is 4.45. The molecule has 364 valence electrons. The van der Waals surface area contributed by atoms with Gasteiger partial charge in [0.25, 0.3) is 0 Å². The van der Waals surface area contributed by atoms with E-state index in [4.69, 9.17) is 14.2 Å². The highest BCUT2D eigenvalue weighted by molar-refractivity contribution is 5.71. The molecule has 0 heterocycles. The summed E-state index contributed by atoms with van der Waals surface area (Å²) in [7, 11) is 0. The zero-order valence-electron chi connectivity index (χ0n) is 41.5. The number of rotatable bonds is 46. The van der Waals surface area contributed by atoms with Crippen molar-refractivity contribution in [1.82, 2.24) is 0 Å². The number of carbonyl (C=O) groups excluding carboxylic acids is 3. The van der Waals surface area contributed by atoms with Crippen molar-refractivity contribution >= 4 is 17.9 Å². The first kappa shape index (κ1) is 60.3. The first-order valence-electron chi connectivity index (χ1n) is 26.2. The van der Waals surface area contributed by atoms with Gasteiger partial charge in [0.2, 0.25) is 0 Å². The van der Waals surface area contributed by atoms with Crippen LogP contribution in [0.5, 0.6) is 0 Å². The van der Waals surface area contributed by atoms with Crippen LogP contribution in [0.25, 0.3) is 0 Å². The lowest BCUT2D eigenvalue weighted by Gasteiger charge is -2.18. The Labute approximate surface area is 394 Å². The van der Waals surface area contributed by atoms with Crippen molar-refractivity contribution in [3.63, 3.8) is 0 Å². The van der Waals surface area contributed by atoms with E-state index in [1.807, 2.05) is 0 Å². The number of hydrogen-bond donors (Lipinski definition) is 0. The van der Waals surface area contributed by atoms with Gasteiger partial charge in [0.15, 0.2) is 6.10 Å². The second-order valence-corrected chi connectivity index (χ2v) is 17.0. The molecule has 0 aliphatic carbocycles. The number of allylic oxidation sites excluding steroid dienone is 16. The van der Waals surface area contributed by atoms with Crippen LogP contribution < -0.4 is 0 Å². The zero-order valence-corrected chi connectivity index (χ0v) is 41.5. The van der Waals surface area contributed by atoms with E-state index >= 15 is 0 Å². The SMILES string of the molecule is CC/C=C\C/C=C\C/C=C\C/C=C\C/C=C\CCCCCC(=O)OC[C@H](COC(=O)CCCCCCC/C=C\C/C=C\C/C=C\CC)OC(=O)CCCCCCCCCCCCCC. The predicted octanol–water partition coefficient (Wildman–Crippen LogP) is 17.4. The van der Waals surface area contributed by atoms with Gasteiger partial charge in [-0.25, -0.2) is 0 Å². The molecule has 6 nitrogen and oxygen atoms in total. The summed E-state index contributed by atoms with van der Waals surface area (Å²) in [6.07, 6.45) is 68.2. The van der Waals surface area contributed by atoms with Gasteiger partial charge in [-0.15, -0.1) is 0 Å². The number of esters is 3. The summed E-state index contributed by atoms with van der Waals surface area (Å²) in [6.45, 7) is 6.36. The maximum absolute atomic E-state index is 12.8. The van der Waals surface area contributed by atoms with Crippen LogP contribution in [0.4, 0.5) is 0 Å². The van der Waals surface area contributed by atoms with Crippen molar-refractivity contribution in [2.45, 2.75) is 239 Å². The third-order valence-electron chi connectivity index (χ3n) is 10.8. The fourth-order valence-electron chi connectivity index (χ4n) is 6.95. The molecule has 0 radical (unpaired) electrons. The summed E-state index contributed by atoms with van der Waals surface area (Å²) in [5.74, 6) is -0.946. The number of ether oxygens (including phenoxy) is 3. The van der Waals surface area contributed by atoms with E-state index in [9.17, 15) is 14.4 Å². The van der Waals surface area contributed by atoms with Crippen LogP contribution in [0.15, 0.2) is 97.2 Å². The number of carbonyl (C=O) groups is 3. The molecule has 0 saturated heterocycles. The van der Waals surface area contributed by atoms with Crippen LogP contribution in [-0.4, -0.2) is 37.2 Å². The second-order valence-electron chi connectivity index (χ2n) is 17.0. The molecule has 6 heteroatoms. The molecule has 64 heavy (non-hydrogen) atoms. The molecule has 0 aromatic rings. The van der Waals surface area contributed by atoms with Crippen LogP contribution in [-0.2, 0) is 28.6 Å². The Bertz CT molecular complexity index is 1300. The molecule has 0 aliphatic heterocycles. The Morgan fingerprint density at radius 2 is 0.609 bits per heavy atom. The van der Waals surface area contributed by atoms with Crippen molar-refractivity contribution in [1.29, 1.82) is 0 Å². The molecular weight excluding hydrogens is 793 g/mol. The van der Waals surface area contributed by atoms with Gasteiger partial charge in [-0.3, -0.25) is 14.4 Å². The highest BCUT2D eigenvalue weighted by Crippen LogP contribution is 2.14. The molecular formula is C58H96O6. The average Bonchev–Trinajstić information content (AvgIpc) is 3.29. The molecule has 0 aliphatic rings. The maximum atomic E-state index is 12.8. The van der Waals surface area contributed by atoms with Gasteiger partial charge in [0.1, 0.15) is 13.2 Å². The van der Waals surface area contributed by atoms with Gasteiger partial charge in [-0.1, -0.05) is 214 Å². The molecule has 0 rings (SSSR count). The Morgan fingerprint density at radius 3 is 0.969 bits per heavy atom. The zero-order chi connectivity index (χ0) is 46.5. The van der Waals surface area contributed by atoms with E-state index in [1.54, 1.807) is 0 Å². The lowest BCUT2D eigenvalue weighted by atomic mass is 10.0. The smallest absolute Gasteiger partial charge is 0.306 e. The Kier molecular flexibility index (Phi) is 49.0. The summed E-state index contributed by atoms with van der Waals surface area (Å²) in [6, 6.07) is 0. The molecule has 0 unspecified atom stereocenters. The van der Waals surface area contributed by atoms with Crippen molar-refractivity contribution in [2.24, 2.45) is 0 Å². The van der Waals surface area contributed by atoms with E-state index in [-0.39, 0.29) is 31.1 Å². The van der Waals surface area contributed by atoms with Gasteiger partial charge in [0.05, 0.1) is 0 Å². The lowest BCUT2D eigenvalue weighted by Crippen LogP contribution is -2.30. The molecule has 1 atom stereocenters. The summed E-state index contributed by atoms with van der Waals surface area (Å²) in [5.41, 5.74) is 0. The molecule has 0 N–H and O–H groups in total. The van der Waals surface area contributed by atoms with E-state index in [2.05, 4.69) is 118 Å². The third-order valence-corrected chi connectivity index (χ3v) is 10.8. The summed E-state index contributed by atoms with van der Waals surface area (Å²) < 4.78 is 16.8. The highest BCUT2D eigenvalue weighted by Gasteiger charge is 2.19. The van der Waals surface area contributed by atoms with Gasteiger partial charge >= 0.3 is 17.9 Å². The summed E-state index contributed by atoms with van der Waals surface area (Å²) in [4.78, 5) is 38.0. The van der Waals surface area contributed by atoms with Gasteiger partial charge in [-0.05, 0) is 96.3 Å². The minimum Gasteiger partial charge on any atom is -0.462 e. The molecule has 0 amide bonds. The van der Waals surface area contributed by atoms with Gasteiger partial charge < -0.3 is 14.2 Å². The van der Waals surface area contributed by atoms with Crippen LogP contribution in [0, 0.1) is 0 Å². The van der Waals surface area contributed by atoms with Crippen molar-refractivity contribution in [3.8, 4) is 0 Å². The topological polar surface area (TPSA) is 78.9 Å². The molecule has 0 aromatic heterocycles. The molecule has 0 bridgehead atoms. The fourth-order valence-corrected chi connectivity index (χ4v) is 6.95. The van der Waals surface area contributed by atoms with Crippen molar-refractivity contribution in [2.75, 3.05) is 13.2 Å². The van der Waals surface area contributed by atoms with Crippen LogP contribution in [0.2, 0.25) is 0 Å². The first-order valence-corrected chi connectivity index (χ1v) is 26.2. The Morgan fingerprint density at radius 1 is 0.328 bits per heavy atom. The molecule has 0 aromatic carbocycles. The van der Waals surface area contributed by atoms with Gasteiger partial charge in [-0.2, -0.15) is 0 Å². The fraction of sp³-hybridized carbons (Fsp3) is 0.672. The number of unbranched alkanes of at least 4 members (excludes halogenated alkanes) is 19. The minimum absolute atomic E-state index is 0.0967. The maximum Gasteiger partial charge on any atom is 0.306 e. The van der Waals surface area contributed by atoms with E-state index in [1.165, 1.54) is 57.8 Å². The van der Waals surface area contributed by atoms with Crippen LogP contribution in [0.3, 0.4) is 0 Å². The Hall–Kier alpha value is -3.67. The van der Waals surface area contributed by atoms with Crippen LogP contribution >= 0.6 is 0 Å². The monoisotopic (exact) mass is 889 g/mol. The molecule has 0 spiro atoms. The van der Waals surface area contributed by atoms with E-state index in [0.29, 0.717) is 19.3 Å². The number of hydrogen-bond acceptors (Lipinski definition) is 6. The molecule has 0 saturated carbocycles. The van der Waals surface area contributed by atoms with E-state index in [0.717, 1.165) is 135 Å².